The van der Waals surface area contributed by atoms with E-state index in [9.17, 15) is 4.79 Å². The largest absolute Gasteiger partial charge is 0.337 e. The first-order valence-corrected chi connectivity index (χ1v) is 9.25. The maximum absolute atomic E-state index is 13.6. The highest BCUT2D eigenvalue weighted by Gasteiger charge is 2.35. The van der Waals surface area contributed by atoms with Crippen LogP contribution in [0.1, 0.15) is 64.1 Å². The third kappa shape index (κ3) is 4.47. The summed E-state index contributed by atoms with van der Waals surface area (Å²) in [5.41, 5.74) is 2.05. The van der Waals surface area contributed by atoms with E-state index >= 15 is 0 Å². The van der Waals surface area contributed by atoms with Crippen molar-refractivity contribution in [3.05, 3.63) is 66.0 Å². The molecule has 2 rings (SSSR count). The normalized spacial score (nSPS) is 13.7. The Morgan fingerprint density at radius 1 is 0.960 bits per heavy atom. The van der Waals surface area contributed by atoms with Crippen LogP contribution in [0.4, 0.5) is 0 Å². The molecule has 1 aromatic heterocycles. The van der Waals surface area contributed by atoms with Crippen molar-refractivity contribution in [3.8, 4) is 0 Å². The van der Waals surface area contributed by atoms with Crippen molar-refractivity contribution in [2.24, 2.45) is 0 Å². The second kappa shape index (κ2) is 8.80. The first-order chi connectivity index (χ1) is 12.0. The van der Waals surface area contributed by atoms with Crippen molar-refractivity contribution in [1.82, 2.24) is 9.88 Å². The number of aromatic nitrogens is 1. The molecule has 1 aromatic carbocycles. The van der Waals surface area contributed by atoms with Gasteiger partial charge in [-0.2, -0.15) is 0 Å². The van der Waals surface area contributed by atoms with Crippen LogP contribution in [0.2, 0.25) is 0 Å². The quantitative estimate of drug-likeness (QED) is 0.711. The van der Waals surface area contributed by atoms with Crippen molar-refractivity contribution in [1.29, 1.82) is 0 Å². The zero-order valence-electron chi connectivity index (χ0n) is 16.0. The van der Waals surface area contributed by atoms with Gasteiger partial charge in [-0.15, -0.1) is 0 Å². The highest BCUT2D eigenvalue weighted by Crippen LogP contribution is 2.37. The van der Waals surface area contributed by atoms with Gasteiger partial charge in [-0.05, 0) is 51.8 Å². The Labute approximate surface area is 152 Å². The lowest BCUT2D eigenvalue weighted by Gasteiger charge is -2.36. The van der Waals surface area contributed by atoms with Gasteiger partial charge in [-0.3, -0.25) is 9.78 Å². The zero-order valence-corrected chi connectivity index (χ0v) is 16.0. The summed E-state index contributed by atoms with van der Waals surface area (Å²) in [6.07, 6.45) is 2.68. The standard InChI is InChI=1S/C22H30N2O/c1-6-19(20-14-10-11-15-23-20)21(18-12-8-7-9-13-18)22(25)24(16(2)3)17(4)5/h7-17,19,21H,6H2,1-5H3. The molecular weight excluding hydrogens is 308 g/mol. The van der Waals surface area contributed by atoms with Gasteiger partial charge in [-0.25, -0.2) is 0 Å². The van der Waals surface area contributed by atoms with Crippen molar-refractivity contribution < 1.29 is 4.79 Å². The molecule has 0 aliphatic carbocycles. The third-order valence-electron chi connectivity index (χ3n) is 4.70. The predicted octanol–water partition coefficient (Wildman–Crippen LogP) is 5.00. The molecule has 0 fully saturated rings. The third-order valence-corrected chi connectivity index (χ3v) is 4.70. The molecule has 0 saturated heterocycles. The highest BCUT2D eigenvalue weighted by molar-refractivity contribution is 5.85. The summed E-state index contributed by atoms with van der Waals surface area (Å²) < 4.78 is 0. The average Bonchev–Trinajstić information content (AvgIpc) is 2.60. The van der Waals surface area contributed by atoms with Gasteiger partial charge in [-0.1, -0.05) is 43.3 Å². The molecule has 3 nitrogen and oxygen atoms in total. The van der Waals surface area contributed by atoms with E-state index in [1.54, 1.807) is 0 Å². The maximum atomic E-state index is 13.6. The lowest BCUT2D eigenvalue weighted by molar-refractivity contribution is -0.137. The van der Waals surface area contributed by atoms with Crippen LogP contribution in [0.25, 0.3) is 0 Å². The van der Waals surface area contributed by atoms with Gasteiger partial charge in [0, 0.05) is 29.9 Å². The molecule has 0 bridgehead atoms. The summed E-state index contributed by atoms with van der Waals surface area (Å²) in [6.45, 7) is 10.5. The van der Waals surface area contributed by atoms with Crippen LogP contribution in [0.5, 0.6) is 0 Å². The van der Waals surface area contributed by atoms with Gasteiger partial charge >= 0.3 is 0 Å². The number of hydrogen-bond donors (Lipinski definition) is 0. The van der Waals surface area contributed by atoms with E-state index in [2.05, 4.69) is 51.7 Å². The average molecular weight is 338 g/mol. The molecule has 2 unspecified atom stereocenters. The number of amides is 1. The van der Waals surface area contributed by atoms with Crippen molar-refractivity contribution >= 4 is 5.91 Å². The fourth-order valence-corrected chi connectivity index (χ4v) is 3.68. The van der Waals surface area contributed by atoms with E-state index in [0.29, 0.717) is 0 Å². The fourth-order valence-electron chi connectivity index (χ4n) is 3.68. The molecule has 0 saturated carbocycles. The van der Waals surface area contributed by atoms with Crippen molar-refractivity contribution in [2.45, 2.75) is 65.0 Å². The van der Waals surface area contributed by atoms with Crippen molar-refractivity contribution in [3.63, 3.8) is 0 Å². The van der Waals surface area contributed by atoms with Crippen LogP contribution >= 0.6 is 0 Å². The molecule has 0 aliphatic heterocycles. The lowest BCUT2D eigenvalue weighted by atomic mass is 9.80. The molecule has 134 valence electrons. The molecule has 2 aromatic rings. The second-order valence-corrected chi connectivity index (χ2v) is 7.09. The van der Waals surface area contributed by atoms with Gasteiger partial charge in [0.15, 0.2) is 0 Å². The zero-order chi connectivity index (χ0) is 18.4. The molecular formula is C22H30N2O. The SMILES string of the molecule is CCC(c1ccccn1)C(C(=O)N(C(C)C)C(C)C)c1ccccc1. The number of pyridine rings is 1. The van der Waals surface area contributed by atoms with E-state index < -0.39 is 0 Å². The summed E-state index contributed by atoms with van der Waals surface area (Å²) in [4.78, 5) is 20.2. The first kappa shape index (κ1) is 19.2. The van der Waals surface area contributed by atoms with Gasteiger partial charge in [0.2, 0.25) is 5.91 Å². The minimum absolute atomic E-state index is 0.0658. The molecule has 1 amide bonds. The summed E-state index contributed by atoms with van der Waals surface area (Å²) in [7, 11) is 0. The van der Waals surface area contributed by atoms with Crippen molar-refractivity contribution in [2.75, 3.05) is 0 Å². The van der Waals surface area contributed by atoms with Crippen LogP contribution in [-0.4, -0.2) is 27.9 Å². The molecule has 0 spiro atoms. The van der Waals surface area contributed by atoms with Crippen LogP contribution in [0.3, 0.4) is 0 Å². The Bertz CT molecular complexity index is 644. The highest BCUT2D eigenvalue weighted by atomic mass is 16.2. The smallest absolute Gasteiger partial charge is 0.231 e. The molecule has 0 N–H and O–H groups in total. The van der Waals surface area contributed by atoms with Gasteiger partial charge in [0.25, 0.3) is 0 Å². The first-order valence-electron chi connectivity index (χ1n) is 9.25. The topological polar surface area (TPSA) is 33.2 Å². The maximum Gasteiger partial charge on any atom is 0.231 e. The summed E-state index contributed by atoms with van der Waals surface area (Å²) in [6, 6.07) is 16.4. The van der Waals surface area contributed by atoms with E-state index in [1.165, 1.54) is 0 Å². The second-order valence-electron chi connectivity index (χ2n) is 7.09. The van der Waals surface area contributed by atoms with Crippen LogP contribution in [0, 0.1) is 0 Å². The monoisotopic (exact) mass is 338 g/mol. The summed E-state index contributed by atoms with van der Waals surface area (Å²) in [5.74, 6) is 0.0377. The predicted molar refractivity (Wildman–Crippen MR) is 104 cm³/mol. The number of carbonyl (C=O) groups is 1. The van der Waals surface area contributed by atoms with Gasteiger partial charge in [0.05, 0.1) is 5.92 Å². The van der Waals surface area contributed by atoms with E-state index in [0.717, 1.165) is 17.7 Å². The van der Waals surface area contributed by atoms with Gasteiger partial charge < -0.3 is 4.90 Å². The molecule has 0 aliphatic rings. The molecule has 3 heteroatoms. The van der Waals surface area contributed by atoms with Crippen LogP contribution < -0.4 is 0 Å². The Balaban J connectivity index is 2.51. The Morgan fingerprint density at radius 3 is 2.04 bits per heavy atom. The number of hydrogen-bond acceptors (Lipinski definition) is 2. The minimum atomic E-state index is -0.217. The number of nitrogens with zero attached hydrogens (tertiary/aromatic N) is 2. The Morgan fingerprint density at radius 2 is 1.56 bits per heavy atom. The van der Waals surface area contributed by atoms with Crippen LogP contribution in [0.15, 0.2) is 54.7 Å². The van der Waals surface area contributed by atoms with E-state index in [4.69, 9.17) is 0 Å². The number of carbonyl (C=O) groups excluding carboxylic acids is 1. The van der Waals surface area contributed by atoms with Crippen LogP contribution in [-0.2, 0) is 4.79 Å². The molecule has 2 atom stereocenters. The Hall–Kier alpha value is -2.16. The lowest BCUT2D eigenvalue weighted by Crippen LogP contribution is -2.45. The Kier molecular flexibility index (Phi) is 6.74. The summed E-state index contributed by atoms with van der Waals surface area (Å²) >= 11 is 0. The molecule has 25 heavy (non-hydrogen) atoms. The summed E-state index contributed by atoms with van der Waals surface area (Å²) in [5, 5.41) is 0. The molecule has 1 heterocycles. The van der Waals surface area contributed by atoms with E-state index in [-0.39, 0.29) is 29.8 Å². The number of benzene rings is 1. The fraction of sp³-hybridized carbons (Fsp3) is 0.455. The van der Waals surface area contributed by atoms with E-state index in [1.807, 2.05) is 47.5 Å². The molecule has 0 radical (unpaired) electrons. The van der Waals surface area contributed by atoms with Gasteiger partial charge in [0.1, 0.15) is 0 Å². The number of rotatable bonds is 7. The minimum Gasteiger partial charge on any atom is -0.337 e.